The summed E-state index contributed by atoms with van der Waals surface area (Å²) in [6.07, 6.45) is 0. The zero-order chi connectivity index (χ0) is 10.5. The van der Waals surface area contributed by atoms with Crippen LogP contribution in [0.15, 0.2) is 36.4 Å². The Bertz CT molecular complexity index is 120. The minimum atomic E-state index is 0.634. The molecule has 1 aromatic rings. The largest absolute Gasteiger partial charge is 0.318 e. The van der Waals surface area contributed by atoms with Gasteiger partial charge < -0.3 is 5.32 Å². The number of hydrogen-bond acceptors (Lipinski definition) is 1. The summed E-state index contributed by atoms with van der Waals surface area (Å²) < 4.78 is 0. The Balaban J connectivity index is 0. The first-order valence-electron chi connectivity index (χ1n) is 4.94. The van der Waals surface area contributed by atoms with E-state index in [1.807, 2.05) is 57.3 Å². The molecular weight excluding hydrogens is 158 g/mol. The van der Waals surface area contributed by atoms with Crippen LogP contribution in [0.4, 0.5) is 0 Å². The van der Waals surface area contributed by atoms with Gasteiger partial charge in [-0.1, -0.05) is 64.1 Å². The van der Waals surface area contributed by atoms with Crippen LogP contribution in [-0.4, -0.2) is 13.1 Å². The molecule has 1 rings (SSSR count). The van der Waals surface area contributed by atoms with E-state index in [-0.39, 0.29) is 0 Å². The monoisotopic (exact) mass is 181 g/mol. The molecule has 0 saturated heterocycles. The highest BCUT2D eigenvalue weighted by molar-refractivity contribution is 4.99. The lowest BCUT2D eigenvalue weighted by atomic mass is 10.4. The Morgan fingerprint density at radius 1 is 0.769 bits per heavy atom. The third-order valence-electron chi connectivity index (χ3n) is 1.24. The lowest BCUT2D eigenvalue weighted by molar-refractivity contribution is 0.668. The smallest absolute Gasteiger partial charge is 0.000733 e. The Morgan fingerprint density at radius 2 is 0.923 bits per heavy atom. The predicted molar refractivity (Wildman–Crippen MR) is 62.0 cm³/mol. The Labute approximate surface area is 83.2 Å². The molecule has 0 aliphatic rings. The summed E-state index contributed by atoms with van der Waals surface area (Å²) >= 11 is 0. The van der Waals surface area contributed by atoms with Gasteiger partial charge in [0.15, 0.2) is 0 Å². The summed E-state index contributed by atoms with van der Waals surface area (Å²) in [6.45, 7) is 8.22. The first-order chi connectivity index (χ1) is 6.27. The van der Waals surface area contributed by atoms with Gasteiger partial charge in [-0.25, -0.2) is 0 Å². The highest BCUT2D eigenvalue weighted by atomic mass is 14.8. The predicted octanol–water partition coefficient (Wildman–Crippen LogP) is 3.33. The van der Waals surface area contributed by atoms with Crippen molar-refractivity contribution in [3.8, 4) is 0 Å². The molecule has 0 aromatic heterocycles. The van der Waals surface area contributed by atoms with Crippen LogP contribution in [-0.2, 0) is 0 Å². The zero-order valence-electron chi connectivity index (χ0n) is 9.54. The molecule has 1 N–H and O–H groups in total. The SMILES string of the molecule is CC.CNC(C)C.c1ccccc1. The number of hydrogen-bond donors (Lipinski definition) is 1. The molecule has 0 aliphatic heterocycles. The molecule has 1 aromatic carbocycles. The van der Waals surface area contributed by atoms with Crippen molar-refractivity contribution in [3.05, 3.63) is 36.4 Å². The number of benzene rings is 1. The molecule has 13 heavy (non-hydrogen) atoms. The molecule has 0 aliphatic carbocycles. The van der Waals surface area contributed by atoms with Crippen molar-refractivity contribution < 1.29 is 0 Å². The summed E-state index contributed by atoms with van der Waals surface area (Å²) in [6, 6.07) is 12.6. The summed E-state index contributed by atoms with van der Waals surface area (Å²) in [7, 11) is 1.95. The van der Waals surface area contributed by atoms with Gasteiger partial charge in [-0.05, 0) is 7.05 Å². The highest BCUT2D eigenvalue weighted by Crippen LogP contribution is 1.79. The molecule has 0 heterocycles. The van der Waals surface area contributed by atoms with E-state index in [1.165, 1.54) is 0 Å². The van der Waals surface area contributed by atoms with Crippen LogP contribution >= 0.6 is 0 Å². The third-order valence-corrected chi connectivity index (χ3v) is 1.24. The second-order valence-electron chi connectivity index (χ2n) is 2.60. The van der Waals surface area contributed by atoms with E-state index >= 15 is 0 Å². The molecule has 0 amide bonds. The fraction of sp³-hybridized carbons (Fsp3) is 0.500. The Morgan fingerprint density at radius 3 is 1.00 bits per heavy atom. The van der Waals surface area contributed by atoms with E-state index < -0.39 is 0 Å². The van der Waals surface area contributed by atoms with Crippen molar-refractivity contribution in [3.63, 3.8) is 0 Å². The quantitative estimate of drug-likeness (QED) is 0.700. The van der Waals surface area contributed by atoms with Crippen molar-refractivity contribution in [2.45, 2.75) is 33.7 Å². The van der Waals surface area contributed by atoms with Crippen LogP contribution in [0.5, 0.6) is 0 Å². The second-order valence-corrected chi connectivity index (χ2v) is 2.60. The fourth-order valence-corrected chi connectivity index (χ4v) is 0.385. The van der Waals surface area contributed by atoms with Crippen molar-refractivity contribution >= 4 is 0 Å². The summed E-state index contributed by atoms with van der Waals surface area (Å²) in [5, 5.41) is 3.03. The van der Waals surface area contributed by atoms with Crippen LogP contribution in [0.1, 0.15) is 27.7 Å². The molecule has 0 spiro atoms. The lowest BCUT2D eigenvalue weighted by Gasteiger charge is -1.95. The van der Waals surface area contributed by atoms with Crippen LogP contribution in [0.3, 0.4) is 0 Å². The minimum Gasteiger partial charge on any atom is -0.318 e. The maximum absolute atomic E-state index is 3.03. The molecule has 0 radical (unpaired) electrons. The molecule has 0 saturated carbocycles. The maximum atomic E-state index is 3.03. The Hall–Kier alpha value is -0.820. The van der Waals surface area contributed by atoms with Crippen LogP contribution < -0.4 is 5.32 Å². The van der Waals surface area contributed by atoms with Gasteiger partial charge in [-0.2, -0.15) is 0 Å². The first kappa shape index (κ1) is 14.7. The number of rotatable bonds is 1. The molecular formula is C12H23N. The molecule has 0 atom stereocenters. The van der Waals surface area contributed by atoms with Crippen LogP contribution in [0, 0.1) is 0 Å². The molecule has 0 bridgehead atoms. The van der Waals surface area contributed by atoms with Gasteiger partial charge in [0.2, 0.25) is 0 Å². The van der Waals surface area contributed by atoms with Gasteiger partial charge in [0.1, 0.15) is 0 Å². The highest BCUT2D eigenvalue weighted by Gasteiger charge is 1.76. The molecule has 0 unspecified atom stereocenters. The van der Waals surface area contributed by atoms with Gasteiger partial charge in [-0.3, -0.25) is 0 Å². The molecule has 1 nitrogen and oxygen atoms in total. The summed E-state index contributed by atoms with van der Waals surface area (Å²) in [5.74, 6) is 0. The fourth-order valence-electron chi connectivity index (χ4n) is 0.385. The van der Waals surface area contributed by atoms with E-state index in [1.54, 1.807) is 0 Å². The molecule has 76 valence electrons. The van der Waals surface area contributed by atoms with E-state index in [0.717, 1.165) is 0 Å². The average Bonchev–Trinajstić information content (AvgIpc) is 2.24. The summed E-state index contributed by atoms with van der Waals surface area (Å²) in [4.78, 5) is 0. The van der Waals surface area contributed by atoms with Gasteiger partial charge in [-0.15, -0.1) is 0 Å². The van der Waals surface area contributed by atoms with Gasteiger partial charge in [0.25, 0.3) is 0 Å². The van der Waals surface area contributed by atoms with E-state index in [2.05, 4.69) is 19.2 Å². The van der Waals surface area contributed by atoms with Crippen molar-refractivity contribution in [1.29, 1.82) is 0 Å². The summed E-state index contributed by atoms with van der Waals surface area (Å²) in [5.41, 5.74) is 0. The van der Waals surface area contributed by atoms with E-state index in [4.69, 9.17) is 0 Å². The maximum Gasteiger partial charge on any atom is 0.000733 e. The van der Waals surface area contributed by atoms with Crippen LogP contribution in [0.2, 0.25) is 0 Å². The minimum absolute atomic E-state index is 0.634. The normalized spacial score (nSPS) is 7.85. The molecule has 1 heteroatoms. The number of nitrogens with one attached hydrogen (secondary N) is 1. The van der Waals surface area contributed by atoms with Gasteiger partial charge in [0.05, 0.1) is 0 Å². The van der Waals surface area contributed by atoms with E-state index in [9.17, 15) is 0 Å². The average molecular weight is 181 g/mol. The van der Waals surface area contributed by atoms with E-state index in [0.29, 0.717) is 6.04 Å². The zero-order valence-corrected chi connectivity index (χ0v) is 9.54. The van der Waals surface area contributed by atoms with Gasteiger partial charge >= 0.3 is 0 Å². The van der Waals surface area contributed by atoms with Crippen LogP contribution in [0.25, 0.3) is 0 Å². The van der Waals surface area contributed by atoms with Crippen molar-refractivity contribution in [2.75, 3.05) is 7.05 Å². The topological polar surface area (TPSA) is 12.0 Å². The standard InChI is InChI=1S/C6H6.C4H11N.C2H6/c1-2-4-6-5-3-1;1-4(2)5-3;1-2/h1-6H;4-5H,1-3H3;1-2H3. The first-order valence-corrected chi connectivity index (χ1v) is 4.94. The Kier molecular flexibility index (Phi) is 15.5. The molecule has 0 fully saturated rings. The second kappa shape index (κ2) is 13.7. The third kappa shape index (κ3) is 18.3. The van der Waals surface area contributed by atoms with Gasteiger partial charge in [0, 0.05) is 6.04 Å². The van der Waals surface area contributed by atoms with Crippen molar-refractivity contribution in [1.82, 2.24) is 5.32 Å². The lowest BCUT2D eigenvalue weighted by Crippen LogP contribution is -2.15. The van der Waals surface area contributed by atoms with Crippen molar-refractivity contribution in [2.24, 2.45) is 0 Å².